The first kappa shape index (κ1) is 15.4. The Labute approximate surface area is 128 Å². The average molecular weight is 307 g/mol. The number of rotatable bonds is 5. The van der Waals surface area contributed by atoms with Gasteiger partial charge in [0.05, 0.1) is 6.54 Å². The van der Waals surface area contributed by atoms with Gasteiger partial charge in [0.2, 0.25) is 0 Å². The molecule has 21 heavy (non-hydrogen) atoms. The second kappa shape index (κ2) is 7.70. The number of nitrogens with zero attached hydrogens (tertiary/aromatic N) is 2. The summed E-state index contributed by atoms with van der Waals surface area (Å²) in [6.07, 6.45) is 4.20. The van der Waals surface area contributed by atoms with Gasteiger partial charge >= 0.3 is 0 Å². The van der Waals surface area contributed by atoms with E-state index in [1.54, 1.807) is 18.3 Å². The Morgan fingerprint density at radius 3 is 3.00 bits per heavy atom. The summed E-state index contributed by atoms with van der Waals surface area (Å²) in [5.41, 5.74) is 0.718. The van der Waals surface area contributed by atoms with Crippen molar-refractivity contribution >= 4 is 11.6 Å². The molecule has 0 aliphatic heterocycles. The maximum absolute atomic E-state index is 13.7. The van der Waals surface area contributed by atoms with Gasteiger partial charge in [-0.25, -0.2) is 9.37 Å². The molecule has 0 unspecified atom stereocenters. The van der Waals surface area contributed by atoms with Crippen LogP contribution in [0.15, 0.2) is 30.6 Å². The molecule has 0 N–H and O–H groups in total. The van der Waals surface area contributed by atoms with Gasteiger partial charge in [-0.1, -0.05) is 11.8 Å². The molecule has 0 amide bonds. The SMILES string of the molecule is Cc1nccn1CCOc1cc(C#CCCCl)ccc1F. The molecule has 5 heteroatoms. The smallest absolute Gasteiger partial charge is 0.165 e. The minimum Gasteiger partial charge on any atom is -0.489 e. The Morgan fingerprint density at radius 2 is 2.29 bits per heavy atom. The van der Waals surface area contributed by atoms with Crippen molar-refractivity contribution in [2.24, 2.45) is 0 Å². The van der Waals surface area contributed by atoms with E-state index in [1.807, 2.05) is 17.7 Å². The average Bonchev–Trinajstić information content (AvgIpc) is 2.88. The fourth-order valence-corrected chi connectivity index (χ4v) is 1.89. The Hall–Kier alpha value is -1.99. The molecule has 0 atom stereocenters. The van der Waals surface area contributed by atoms with Crippen LogP contribution in [-0.2, 0) is 6.54 Å². The minimum absolute atomic E-state index is 0.213. The van der Waals surface area contributed by atoms with Crippen LogP contribution in [0.3, 0.4) is 0 Å². The zero-order valence-corrected chi connectivity index (χ0v) is 12.5. The highest BCUT2D eigenvalue weighted by atomic mass is 35.5. The standard InChI is InChI=1S/C16H16ClFN2O/c1-13-19-8-9-20(13)10-11-21-16-12-14(4-2-3-7-17)5-6-15(16)18/h5-6,8-9,12H,3,7,10-11H2,1H3. The fourth-order valence-electron chi connectivity index (χ4n) is 1.80. The lowest BCUT2D eigenvalue weighted by Gasteiger charge is -2.09. The van der Waals surface area contributed by atoms with Gasteiger partial charge in [0.1, 0.15) is 12.4 Å². The Kier molecular flexibility index (Phi) is 5.65. The highest BCUT2D eigenvalue weighted by molar-refractivity contribution is 6.18. The second-order valence-electron chi connectivity index (χ2n) is 4.40. The van der Waals surface area contributed by atoms with Crippen molar-refractivity contribution in [3.05, 3.63) is 47.8 Å². The van der Waals surface area contributed by atoms with E-state index in [0.717, 1.165) is 11.4 Å². The van der Waals surface area contributed by atoms with Gasteiger partial charge in [-0.2, -0.15) is 0 Å². The maximum atomic E-state index is 13.7. The van der Waals surface area contributed by atoms with Gasteiger partial charge in [0.15, 0.2) is 11.6 Å². The molecule has 0 saturated heterocycles. The van der Waals surface area contributed by atoms with Gasteiger partial charge in [-0.15, -0.1) is 11.6 Å². The van der Waals surface area contributed by atoms with E-state index in [4.69, 9.17) is 16.3 Å². The molecular weight excluding hydrogens is 291 g/mol. The molecule has 110 valence electrons. The number of aryl methyl sites for hydroxylation is 1. The van der Waals surface area contributed by atoms with Crippen molar-refractivity contribution < 1.29 is 9.13 Å². The third-order valence-electron chi connectivity index (χ3n) is 2.90. The van der Waals surface area contributed by atoms with Crippen LogP contribution in [0.5, 0.6) is 5.75 Å². The van der Waals surface area contributed by atoms with E-state index >= 15 is 0 Å². The quantitative estimate of drug-likeness (QED) is 0.625. The highest BCUT2D eigenvalue weighted by Gasteiger charge is 2.04. The number of benzene rings is 1. The zero-order valence-electron chi connectivity index (χ0n) is 11.8. The Balaban J connectivity index is 1.97. The maximum Gasteiger partial charge on any atom is 0.165 e. The van der Waals surface area contributed by atoms with E-state index in [0.29, 0.717) is 25.5 Å². The van der Waals surface area contributed by atoms with E-state index in [-0.39, 0.29) is 11.6 Å². The Bertz CT molecular complexity index is 658. The third-order valence-corrected chi connectivity index (χ3v) is 3.09. The molecule has 0 radical (unpaired) electrons. The molecule has 1 aromatic heterocycles. The van der Waals surface area contributed by atoms with Crippen molar-refractivity contribution in [1.82, 2.24) is 9.55 Å². The van der Waals surface area contributed by atoms with Gasteiger partial charge in [0, 0.05) is 30.3 Å². The van der Waals surface area contributed by atoms with Crippen molar-refractivity contribution in [2.45, 2.75) is 19.9 Å². The van der Waals surface area contributed by atoms with Crippen molar-refractivity contribution in [3.63, 3.8) is 0 Å². The molecule has 1 aromatic carbocycles. The molecule has 3 nitrogen and oxygen atoms in total. The van der Waals surface area contributed by atoms with Crippen LogP contribution in [0.2, 0.25) is 0 Å². The molecule has 0 aliphatic carbocycles. The van der Waals surface area contributed by atoms with E-state index in [2.05, 4.69) is 16.8 Å². The van der Waals surface area contributed by atoms with Crippen LogP contribution in [0.25, 0.3) is 0 Å². The van der Waals surface area contributed by atoms with Crippen LogP contribution in [-0.4, -0.2) is 22.0 Å². The normalized spacial score (nSPS) is 10.0. The summed E-state index contributed by atoms with van der Waals surface area (Å²) < 4.78 is 21.1. The molecule has 0 spiro atoms. The topological polar surface area (TPSA) is 27.1 Å². The fraction of sp³-hybridized carbons (Fsp3) is 0.312. The van der Waals surface area contributed by atoms with Crippen molar-refractivity contribution in [2.75, 3.05) is 12.5 Å². The lowest BCUT2D eigenvalue weighted by atomic mass is 10.2. The van der Waals surface area contributed by atoms with Crippen LogP contribution in [0, 0.1) is 24.6 Å². The summed E-state index contributed by atoms with van der Waals surface area (Å²) in [5.74, 6) is 7.06. The summed E-state index contributed by atoms with van der Waals surface area (Å²) in [6, 6.07) is 4.60. The van der Waals surface area contributed by atoms with Crippen LogP contribution < -0.4 is 4.74 Å². The van der Waals surface area contributed by atoms with Crippen molar-refractivity contribution in [3.8, 4) is 17.6 Å². The molecule has 0 aliphatic rings. The minimum atomic E-state index is -0.389. The number of hydrogen-bond donors (Lipinski definition) is 0. The summed E-state index contributed by atoms with van der Waals surface area (Å²) in [5, 5.41) is 0. The predicted molar refractivity (Wildman–Crippen MR) is 81.1 cm³/mol. The molecule has 1 heterocycles. The Morgan fingerprint density at radius 1 is 1.43 bits per heavy atom. The van der Waals surface area contributed by atoms with E-state index in [1.165, 1.54) is 6.07 Å². The third kappa shape index (κ3) is 4.51. The van der Waals surface area contributed by atoms with Gasteiger partial charge in [-0.05, 0) is 25.1 Å². The largest absolute Gasteiger partial charge is 0.489 e. The molecular formula is C16H16ClFN2O. The monoisotopic (exact) mass is 306 g/mol. The van der Waals surface area contributed by atoms with Gasteiger partial charge in [-0.3, -0.25) is 0 Å². The summed E-state index contributed by atoms with van der Waals surface area (Å²) in [4.78, 5) is 4.12. The molecule has 0 saturated carbocycles. The first-order chi connectivity index (χ1) is 10.2. The number of aromatic nitrogens is 2. The van der Waals surface area contributed by atoms with E-state index in [9.17, 15) is 4.39 Å². The highest BCUT2D eigenvalue weighted by Crippen LogP contribution is 2.18. The lowest BCUT2D eigenvalue weighted by Crippen LogP contribution is -2.09. The molecule has 0 fully saturated rings. The first-order valence-electron chi connectivity index (χ1n) is 6.65. The second-order valence-corrected chi connectivity index (χ2v) is 4.78. The number of alkyl halides is 1. The van der Waals surface area contributed by atoms with Gasteiger partial charge < -0.3 is 9.30 Å². The van der Waals surface area contributed by atoms with Crippen LogP contribution >= 0.6 is 11.6 Å². The predicted octanol–water partition coefficient (Wildman–Crippen LogP) is 3.39. The van der Waals surface area contributed by atoms with Crippen molar-refractivity contribution in [1.29, 1.82) is 0 Å². The number of halogens is 2. The summed E-state index contributed by atoms with van der Waals surface area (Å²) in [7, 11) is 0. The lowest BCUT2D eigenvalue weighted by molar-refractivity contribution is 0.283. The first-order valence-corrected chi connectivity index (χ1v) is 7.19. The van der Waals surface area contributed by atoms with Gasteiger partial charge in [0.25, 0.3) is 0 Å². The number of ether oxygens (including phenoxy) is 1. The number of imidazole rings is 1. The summed E-state index contributed by atoms with van der Waals surface area (Å²) in [6.45, 7) is 2.90. The zero-order chi connectivity index (χ0) is 15.1. The van der Waals surface area contributed by atoms with Crippen LogP contribution in [0.1, 0.15) is 17.8 Å². The summed E-state index contributed by atoms with van der Waals surface area (Å²) >= 11 is 5.56. The van der Waals surface area contributed by atoms with E-state index < -0.39 is 0 Å². The molecule has 2 aromatic rings. The molecule has 2 rings (SSSR count). The van der Waals surface area contributed by atoms with Crippen LogP contribution in [0.4, 0.5) is 4.39 Å². The molecule has 0 bridgehead atoms. The number of hydrogen-bond acceptors (Lipinski definition) is 2.